The molecule has 3 aromatic rings. The van der Waals surface area contributed by atoms with Gasteiger partial charge in [-0.15, -0.1) is 5.10 Å². The van der Waals surface area contributed by atoms with Gasteiger partial charge < -0.3 is 10.1 Å². The maximum absolute atomic E-state index is 13.6. The highest BCUT2D eigenvalue weighted by Crippen LogP contribution is 2.37. The first-order valence-electron chi connectivity index (χ1n) is 10.2. The molecule has 1 aliphatic heterocycles. The number of hydrogen-bond acceptors (Lipinski definition) is 6. The lowest BCUT2D eigenvalue weighted by atomic mass is 9.96. The Morgan fingerprint density at radius 1 is 1.25 bits per heavy atom. The number of carbonyl (C=O) groups excluding carboxylic acids is 1. The van der Waals surface area contributed by atoms with E-state index in [1.807, 2.05) is 31.2 Å². The third kappa shape index (κ3) is 4.66. The molecule has 1 aliphatic rings. The summed E-state index contributed by atoms with van der Waals surface area (Å²) in [5, 5.41) is 9.04. The number of aromatic nitrogens is 3. The minimum atomic E-state index is -0.585. The van der Waals surface area contributed by atoms with Gasteiger partial charge >= 0.3 is 5.97 Å². The van der Waals surface area contributed by atoms with Crippen LogP contribution in [0.25, 0.3) is 0 Å². The predicted octanol–water partition coefficient (Wildman–Crippen LogP) is 5.61. The molecule has 32 heavy (non-hydrogen) atoms. The molecule has 1 N–H and O–H groups in total. The summed E-state index contributed by atoms with van der Waals surface area (Å²) >= 11 is 7.71. The predicted molar refractivity (Wildman–Crippen MR) is 123 cm³/mol. The van der Waals surface area contributed by atoms with Crippen molar-refractivity contribution in [1.29, 1.82) is 0 Å². The van der Waals surface area contributed by atoms with Crippen LogP contribution in [0.15, 0.2) is 65.0 Å². The average molecular weight is 473 g/mol. The molecule has 0 fully saturated rings. The first kappa shape index (κ1) is 22.4. The third-order valence-electron chi connectivity index (χ3n) is 4.99. The van der Waals surface area contributed by atoms with Crippen LogP contribution in [-0.4, -0.2) is 27.3 Å². The fourth-order valence-corrected chi connectivity index (χ4v) is 4.56. The molecule has 1 aromatic heterocycles. The third-order valence-corrected chi connectivity index (χ3v) is 6.25. The highest BCUT2D eigenvalue weighted by Gasteiger charge is 2.35. The molecule has 0 amide bonds. The number of nitrogens with one attached hydrogen (secondary N) is 1. The summed E-state index contributed by atoms with van der Waals surface area (Å²) < 4.78 is 20.7. The molecule has 0 aliphatic carbocycles. The molecule has 166 valence electrons. The molecular weight excluding hydrogens is 451 g/mol. The highest BCUT2D eigenvalue weighted by atomic mass is 35.5. The average Bonchev–Trinajstić information content (AvgIpc) is 3.19. The van der Waals surface area contributed by atoms with Crippen LogP contribution in [-0.2, 0) is 15.3 Å². The van der Waals surface area contributed by atoms with Gasteiger partial charge in [0.05, 0.1) is 12.2 Å². The summed E-state index contributed by atoms with van der Waals surface area (Å²) in [6, 6.07) is 13.1. The lowest BCUT2D eigenvalue weighted by Gasteiger charge is -2.28. The number of hydrogen-bond donors (Lipinski definition) is 1. The van der Waals surface area contributed by atoms with Gasteiger partial charge in [0.1, 0.15) is 11.9 Å². The molecule has 2 aromatic carbocycles. The van der Waals surface area contributed by atoms with E-state index >= 15 is 0 Å². The molecule has 0 radical (unpaired) electrons. The van der Waals surface area contributed by atoms with Crippen molar-refractivity contribution in [3.05, 3.63) is 81.8 Å². The van der Waals surface area contributed by atoms with E-state index in [0.717, 1.165) is 5.56 Å². The van der Waals surface area contributed by atoms with Gasteiger partial charge in [-0.25, -0.2) is 13.9 Å². The second kappa shape index (κ2) is 9.75. The van der Waals surface area contributed by atoms with Crippen molar-refractivity contribution in [2.24, 2.45) is 0 Å². The largest absolute Gasteiger partial charge is 0.462 e. The van der Waals surface area contributed by atoms with Crippen molar-refractivity contribution >= 4 is 35.3 Å². The molecular formula is C23H22ClFN4O2S. The summed E-state index contributed by atoms with van der Waals surface area (Å²) in [4.78, 5) is 17.5. The fourth-order valence-electron chi connectivity index (χ4n) is 3.44. The van der Waals surface area contributed by atoms with E-state index in [1.54, 1.807) is 23.7 Å². The molecule has 0 bridgehead atoms. The number of esters is 1. The number of carbonyl (C=O) groups is 1. The molecule has 4 rings (SSSR count). The number of halogens is 2. The van der Waals surface area contributed by atoms with Crippen molar-refractivity contribution in [3.63, 3.8) is 0 Å². The van der Waals surface area contributed by atoms with Gasteiger partial charge in [0, 0.05) is 16.5 Å². The Morgan fingerprint density at radius 3 is 2.72 bits per heavy atom. The van der Waals surface area contributed by atoms with E-state index < -0.39 is 12.0 Å². The van der Waals surface area contributed by atoms with Crippen LogP contribution < -0.4 is 5.32 Å². The second-order valence-corrected chi connectivity index (χ2v) is 8.65. The number of nitrogens with zero attached hydrogens (tertiary/aromatic N) is 3. The van der Waals surface area contributed by atoms with Gasteiger partial charge in [-0.3, -0.25) is 0 Å². The van der Waals surface area contributed by atoms with Crippen LogP contribution in [0.3, 0.4) is 0 Å². The van der Waals surface area contributed by atoms with Crippen molar-refractivity contribution in [2.75, 3.05) is 11.9 Å². The zero-order chi connectivity index (χ0) is 22.7. The Hall–Kier alpha value is -2.84. The monoisotopic (exact) mass is 472 g/mol. The molecule has 1 unspecified atom stereocenters. The maximum Gasteiger partial charge on any atom is 0.338 e. The van der Waals surface area contributed by atoms with Gasteiger partial charge in [0.25, 0.3) is 0 Å². The number of thioether (sulfide) groups is 1. The van der Waals surface area contributed by atoms with Crippen LogP contribution in [0, 0.1) is 5.82 Å². The van der Waals surface area contributed by atoms with E-state index in [1.165, 1.54) is 23.9 Å². The smallest absolute Gasteiger partial charge is 0.338 e. The Labute approximate surface area is 194 Å². The number of anilines is 1. The van der Waals surface area contributed by atoms with Gasteiger partial charge in [0.15, 0.2) is 0 Å². The van der Waals surface area contributed by atoms with Crippen LogP contribution in [0.5, 0.6) is 0 Å². The molecule has 0 spiro atoms. The molecule has 2 heterocycles. The van der Waals surface area contributed by atoms with E-state index in [2.05, 4.69) is 15.4 Å². The van der Waals surface area contributed by atoms with Crippen LogP contribution >= 0.6 is 23.4 Å². The molecule has 9 heteroatoms. The minimum Gasteiger partial charge on any atom is -0.462 e. The Morgan fingerprint density at radius 2 is 2.00 bits per heavy atom. The number of ether oxygens (including phenoxy) is 1. The first-order chi connectivity index (χ1) is 15.5. The molecule has 0 saturated heterocycles. The lowest BCUT2D eigenvalue weighted by Crippen LogP contribution is -2.29. The van der Waals surface area contributed by atoms with E-state index in [4.69, 9.17) is 16.3 Å². The standard InChI is InChI=1S/C23H22ClFN4O2S/c1-3-12-31-21(30)19-14(2)26-22-27-23(32-13-16-6-4-5-7-18(16)24)28-29(22)20(19)15-8-10-17(25)11-9-15/h4-11,20H,3,12-13H2,1-2H3,(H,26,27,28). The van der Waals surface area contributed by atoms with Crippen LogP contribution in [0.4, 0.5) is 10.3 Å². The zero-order valence-electron chi connectivity index (χ0n) is 17.6. The van der Waals surface area contributed by atoms with Gasteiger partial charge in [0.2, 0.25) is 11.1 Å². The summed E-state index contributed by atoms with van der Waals surface area (Å²) in [7, 11) is 0. The van der Waals surface area contributed by atoms with Crippen LogP contribution in [0.1, 0.15) is 37.4 Å². The van der Waals surface area contributed by atoms with Gasteiger partial charge in [-0.05, 0) is 42.7 Å². The summed E-state index contributed by atoms with van der Waals surface area (Å²) in [6.45, 7) is 4.05. The van der Waals surface area contributed by atoms with Gasteiger partial charge in [-0.2, -0.15) is 4.98 Å². The van der Waals surface area contributed by atoms with Crippen molar-refractivity contribution < 1.29 is 13.9 Å². The summed E-state index contributed by atoms with van der Waals surface area (Å²) in [5.74, 6) is 0.318. The van der Waals surface area contributed by atoms with Crippen LogP contribution in [0.2, 0.25) is 5.02 Å². The quantitative estimate of drug-likeness (QED) is 0.356. The summed E-state index contributed by atoms with van der Waals surface area (Å²) in [6.07, 6.45) is 0.712. The van der Waals surface area contributed by atoms with Crippen molar-refractivity contribution in [3.8, 4) is 0 Å². The highest BCUT2D eigenvalue weighted by molar-refractivity contribution is 7.98. The summed E-state index contributed by atoms with van der Waals surface area (Å²) in [5.41, 5.74) is 2.74. The molecule has 0 saturated carbocycles. The van der Waals surface area contributed by atoms with E-state index in [9.17, 15) is 9.18 Å². The molecule has 1 atom stereocenters. The number of benzene rings is 2. The first-order valence-corrected chi connectivity index (χ1v) is 11.6. The van der Waals surface area contributed by atoms with E-state index in [0.29, 0.717) is 51.7 Å². The lowest BCUT2D eigenvalue weighted by molar-refractivity contribution is -0.139. The Bertz CT molecular complexity index is 1160. The Balaban J connectivity index is 1.68. The topological polar surface area (TPSA) is 69.0 Å². The minimum absolute atomic E-state index is 0.314. The number of allylic oxidation sites excluding steroid dienone is 1. The zero-order valence-corrected chi connectivity index (χ0v) is 19.2. The number of rotatable bonds is 7. The van der Waals surface area contributed by atoms with E-state index in [-0.39, 0.29) is 5.82 Å². The van der Waals surface area contributed by atoms with Gasteiger partial charge in [-0.1, -0.05) is 60.6 Å². The normalized spacial score (nSPS) is 15.3. The maximum atomic E-state index is 13.6. The Kier molecular flexibility index (Phi) is 6.81. The molecule has 6 nitrogen and oxygen atoms in total. The van der Waals surface area contributed by atoms with Crippen molar-refractivity contribution in [1.82, 2.24) is 14.8 Å². The second-order valence-electron chi connectivity index (χ2n) is 7.30. The van der Waals surface area contributed by atoms with Crippen molar-refractivity contribution in [2.45, 2.75) is 37.2 Å². The number of fused-ring (bicyclic) bond motifs is 1. The SMILES string of the molecule is CCCOC(=O)C1=C(C)Nc2nc(SCc3ccccc3Cl)nn2C1c1ccc(F)cc1. The fraction of sp³-hybridized carbons (Fsp3) is 0.261.